The standard InChI is InChI=1S/C20H17N5/c21-10-17-19(24)25(15-4-2-1-3-5-15)18(20(17,11-22)12-23)16-9-13-6-7-14(16)8-13/h1-7,13-14,16,18H,8-9,24H2/t13-,14-,16+,18+/m0/s1. The maximum Gasteiger partial charge on any atom is 0.202 e. The van der Waals surface area contributed by atoms with Crippen LogP contribution in [0.1, 0.15) is 12.8 Å². The molecule has 4 atom stereocenters. The van der Waals surface area contributed by atoms with Crippen molar-refractivity contribution in [2.75, 3.05) is 4.90 Å². The molecule has 5 nitrogen and oxygen atoms in total. The summed E-state index contributed by atoms with van der Waals surface area (Å²) in [7, 11) is 0. The van der Waals surface area contributed by atoms with Crippen molar-refractivity contribution >= 4 is 5.69 Å². The number of nitriles is 3. The molecule has 2 N–H and O–H groups in total. The highest BCUT2D eigenvalue weighted by atomic mass is 15.3. The topological polar surface area (TPSA) is 101 Å². The Balaban J connectivity index is 1.91. The normalized spacial score (nSPS) is 31.6. The molecule has 2 bridgehead atoms. The molecule has 1 fully saturated rings. The number of hydrogen-bond acceptors (Lipinski definition) is 5. The Kier molecular flexibility index (Phi) is 3.31. The maximum atomic E-state index is 9.94. The first-order valence-corrected chi connectivity index (χ1v) is 8.41. The minimum atomic E-state index is -1.53. The van der Waals surface area contributed by atoms with E-state index >= 15 is 0 Å². The van der Waals surface area contributed by atoms with Gasteiger partial charge in [0.25, 0.3) is 0 Å². The second-order valence-electron chi connectivity index (χ2n) is 7.00. The number of benzene rings is 1. The van der Waals surface area contributed by atoms with Crippen LogP contribution < -0.4 is 10.6 Å². The van der Waals surface area contributed by atoms with Crippen molar-refractivity contribution in [3.8, 4) is 18.2 Å². The summed E-state index contributed by atoms with van der Waals surface area (Å²) in [6.45, 7) is 0. The smallest absolute Gasteiger partial charge is 0.202 e. The monoisotopic (exact) mass is 327 g/mol. The van der Waals surface area contributed by atoms with E-state index < -0.39 is 11.5 Å². The quantitative estimate of drug-likeness (QED) is 0.842. The molecule has 0 radical (unpaired) electrons. The number of para-hydroxylation sites is 1. The number of anilines is 1. The van der Waals surface area contributed by atoms with Gasteiger partial charge in [-0.2, -0.15) is 15.8 Å². The third-order valence-corrected chi connectivity index (χ3v) is 5.87. The number of hydrogen-bond donors (Lipinski definition) is 1. The van der Waals surface area contributed by atoms with Crippen LogP contribution in [0.3, 0.4) is 0 Å². The molecule has 1 aliphatic heterocycles. The van der Waals surface area contributed by atoms with Gasteiger partial charge in [-0.15, -0.1) is 0 Å². The number of nitrogens with zero attached hydrogens (tertiary/aromatic N) is 4. The van der Waals surface area contributed by atoms with Crippen LogP contribution in [0.25, 0.3) is 0 Å². The SMILES string of the molecule is N#CC1=C(N)N(c2ccccc2)[C@H]([C@@H]2C[C@H]3C=C[C@H]2C3)C1(C#N)C#N. The molecule has 1 saturated carbocycles. The van der Waals surface area contributed by atoms with Gasteiger partial charge in [-0.05, 0) is 42.7 Å². The van der Waals surface area contributed by atoms with E-state index in [-0.39, 0.29) is 17.3 Å². The van der Waals surface area contributed by atoms with E-state index in [0.29, 0.717) is 11.8 Å². The Bertz CT molecular complexity index is 879. The second-order valence-corrected chi connectivity index (χ2v) is 7.00. The lowest BCUT2D eigenvalue weighted by Gasteiger charge is -2.38. The number of nitrogens with two attached hydrogens (primary N) is 1. The zero-order valence-electron chi connectivity index (χ0n) is 13.6. The zero-order valence-corrected chi connectivity index (χ0v) is 13.6. The van der Waals surface area contributed by atoms with Crippen molar-refractivity contribution < 1.29 is 0 Å². The van der Waals surface area contributed by atoms with Gasteiger partial charge in [-0.3, -0.25) is 0 Å². The number of rotatable bonds is 2. The predicted molar refractivity (Wildman–Crippen MR) is 92.0 cm³/mol. The van der Waals surface area contributed by atoms with Crippen LogP contribution in [0.2, 0.25) is 0 Å². The Labute approximate surface area is 146 Å². The first-order valence-electron chi connectivity index (χ1n) is 8.41. The van der Waals surface area contributed by atoms with Gasteiger partial charge >= 0.3 is 0 Å². The lowest BCUT2D eigenvalue weighted by molar-refractivity contribution is 0.302. The average Bonchev–Trinajstić information content (AvgIpc) is 3.33. The summed E-state index contributed by atoms with van der Waals surface area (Å²) >= 11 is 0. The molecule has 0 spiro atoms. The van der Waals surface area contributed by atoms with E-state index in [1.165, 1.54) is 0 Å². The van der Waals surface area contributed by atoms with E-state index in [1.54, 1.807) is 0 Å². The molecule has 1 heterocycles. The van der Waals surface area contributed by atoms with E-state index in [2.05, 4.69) is 30.4 Å². The van der Waals surface area contributed by atoms with Gasteiger partial charge in [0.1, 0.15) is 17.5 Å². The number of allylic oxidation sites excluding steroid dienone is 2. The van der Waals surface area contributed by atoms with Crippen LogP contribution in [-0.2, 0) is 0 Å². The number of fused-ring (bicyclic) bond motifs is 2. The molecule has 3 aliphatic rings. The van der Waals surface area contributed by atoms with Crippen molar-refractivity contribution in [3.63, 3.8) is 0 Å². The van der Waals surface area contributed by atoms with Crippen LogP contribution in [0.4, 0.5) is 5.69 Å². The summed E-state index contributed by atoms with van der Waals surface area (Å²) in [6.07, 6.45) is 6.40. The minimum Gasteiger partial charge on any atom is -0.384 e. The summed E-state index contributed by atoms with van der Waals surface area (Å²) in [4.78, 5) is 1.85. The summed E-state index contributed by atoms with van der Waals surface area (Å²) in [6, 6.07) is 15.4. The van der Waals surface area contributed by atoms with Gasteiger partial charge in [0.05, 0.1) is 18.2 Å². The van der Waals surface area contributed by atoms with Gasteiger partial charge in [0, 0.05) is 5.69 Å². The minimum absolute atomic E-state index is 0.0816. The molecule has 5 heteroatoms. The summed E-state index contributed by atoms with van der Waals surface area (Å²) < 4.78 is 0. The molecule has 25 heavy (non-hydrogen) atoms. The van der Waals surface area contributed by atoms with Crippen LogP contribution in [0.15, 0.2) is 53.9 Å². The fraction of sp³-hybridized carbons (Fsp3) is 0.350. The molecule has 4 rings (SSSR count). The first-order chi connectivity index (χ1) is 12.2. The van der Waals surface area contributed by atoms with Gasteiger partial charge in [0.15, 0.2) is 0 Å². The third kappa shape index (κ3) is 1.92. The average molecular weight is 327 g/mol. The van der Waals surface area contributed by atoms with E-state index in [1.807, 2.05) is 35.2 Å². The van der Waals surface area contributed by atoms with Crippen molar-refractivity contribution in [2.24, 2.45) is 28.9 Å². The van der Waals surface area contributed by atoms with Crippen molar-refractivity contribution in [1.29, 1.82) is 15.8 Å². The summed E-state index contributed by atoms with van der Waals surface area (Å²) in [5.41, 5.74) is 5.68. The van der Waals surface area contributed by atoms with Crippen LogP contribution in [0, 0.1) is 57.2 Å². The molecule has 2 aliphatic carbocycles. The Hall–Kier alpha value is -3.23. The Morgan fingerprint density at radius 1 is 1.04 bits per heavy atom. The highest BCUT2D eigenvalue weighted by Gasteiger charge is 2.60. The molecule has 0 saturated heterocycles. The largest absolute Gasteiger partial charge is 0.384 e. The van der Waals surface area contributed by atoms with Crippen molar-refractivity contribution in [2.45, 2.75) is 18.9 Å². The van der Waals surface area contributed by atoms with Crippen LogP contribution >= 0.6 is 0 Å². The highest BCUT2D eigenvalue weighted by Crippen LogP contribution is 2.55. The zero-order chi connectivity index (χ0) is 17.6. The lowest BCUT2D eigenvalue weighted by Crippen LogP contribution is -2.48. The molecular formula is C20H17N5. The van der Waals surface area contributed by atoms with Crippen molar-refractivity contribution in [1.82, 2.24) is 0 Å². The van der Waals surface area contributed by atoms with E-state index in [0.717, 1.165) is 18.5 Å². The molecule has 0 unspecified atom stereocenters. The van der Waals surface area contributed by atoms with Gasteiger partial charge in [-0.1, -0.05) is 30.4 Å². The summed E-state index contributed by atoms with van der Waals surface area (Å²) in [5, 5.41) is 29.5. The molecular weight excluding hydrogens is 310 g/mol. The first kappa shape index (κ1) is 15.3. The lowest BCUT2D eigenvalue weighted by atomic mass is 9.70. The van der Waals surface area contributed by atoms with Crippen molar-refractivity contribution in [3.05, 3.63) is 53.9 Å². The molecule has 122 valence electrons. The maximum absolute atomic E-state index is 9.94. The van der Waals surface area contributed by atoms with E-state index in [4.69, 9.17) is 5.73 Å². The molecule has 0 aromatic heterocycles. The van der Waals surface area contributed by atoms with E-state index in [9.17, 15) is 15.8 Å². The molecule has 1 aromatic rings. The van der Waals surface area contributed by atoms with Crippen LogP contribution in [-0.4, -0.2) is 6.04 Å². The molecule has 1 aromatic carbocycles. The fourth-order valence-corrected chi connectivity index (χ4v) is 4.82. The Morgan fingerprint density at radius 2 is 1.76 bits per heavy atom. The van der Waals surface area contributed by atoms with Gasteiger partial charge < -0.3 is 10.6 Å². The highest BCUT2D eigenvalue weighted by molar-refractivity contribution is 5.65. The second kappa shape index (κ2) is 5.40. The third-order valence-electron chi connectivity index (χ3n) is 5.87. The van der Waals surface area contributed by atoms with Gasteiger partial charge in [-0.25, -0.2) is 0 Å². The Morgan fingerprint density at radius 3 is 2.28 bits per heavy atom. The fourth-order valence-electron chi connectivity index (χ4n) is 4.82. The predicted octanol–water partition coefficient (Wildman–Crippen LogP) is 2.81. The molecule has 0 amide bonds. The van der Waals surface area contributed by atoms with Crippen LogP contribution in [0.5, 0.6) is 0 Å². The van der Waals surface area contributed by atoms with Gasteiger partial charge in [0.2, 0.25) is 5.41 Å². The summed E-state index contributed by atoms with van der Waals surface area (Å²) in [5.74, 6) is 1.18.